The molecule has 0 aliphatic carbocycles. The summed E-state index contributed by atoms with van der Waals surface area (Å²) in [6.07, 6.45) is 0. The number of carbonyl (C=O) groups is 2. The van der Waals surface area contributed by atoms with Gasteiger partial charge in [0, 0.05) is 6.54 Å². The molecular weight excluding hydrogens is 241 g/mol. The number of ether oxygens (including phenoxy) is 1. The molecule has 0 radical (unpaired) electrons. The van der Waals surface area contributed by atoms with E-state index in [1.165, 1.54) is 24.3 Å². The summed E-state index contributed by atoms with van der Waals surface area (Å²) in [6.45, 7) is 0.386. The molecule has 0 heterocycles. The van der Waals surface area contributed by atoms with Gasteiger partial charge in [-0.3, -0.25) is 14.9 Å². The van der Waals surface area contributed by atoms with Crippen LogP contribution in [0, 0.1) is 5.82 Å². The number of nitrogens with two attached hydrogens (primary N) is 2. The lowest BCUT2D eigenvalue weighted by Gasteiger charge is -2.12. The van der Waals surface area contributed by atoms with Crippen molar-refractivity contribution in [2.45, 2.75) is 6.04 Å². The van der Waals surface area contributed by atoms with Crippen LogP contribution in [-0.4, -0.2) is 31.0 Å². The third kappa shape index (κ3) is 4.38. The smallest absolute Gasteiger partial charge is 0.244 e. The van der Waals surface area contributed by atoms with Crippen molar-refractivity contribution in [1.29, 1.82) is 0 Å². The van der Waals surface area contributed by atoms with Gasteiger partial charge in [-0.1, -0.05) is 0 Å². The maximum absolute atomic E-state index is 12.6. The van der Waals surface area contributed by atoms with Crippen LogP contribution in [0.25, 0.3) is 0 Å². The second-order valence-electron chi connectivity index (χ2n) is 3.49. The van der Waals surface area contributed by atoms with Crippen LogP contribution in [0.1, 0.15) is 0 Å². The first kappa shape index (κ1) is 13.9. The molecular formula is C11H14FN3O3. The van der Waals surface area contributed by atoms with Gasteiger partial charge >= 0.3 is 0 Å². The van der Waals surface area contributed by atoms with Gasteiger partial charge in [-0.15, -0.1) is 0 Å². The Labute approximate surface area is 103 Å². The highest BCUT2D eigenvalue weighted by Crippen LogP contribution is 2.10. The fourth-order valence-electron chi connectivity index (χ4n) is 1.24. The second-order valence-corrected chi connectivity index (χ2v) is 3.49. The highest BCUT2D eigenvalue weighted by atomic mass is 19.1. The summed E-state index contributed by atoms with van der Waals surface area (Å²) in [6, 6.07) is 4.24. The Kier molecular flexibility index (Phi) is 5.06. The van der Waals surface area contributed by atoms with E-state index in [4.69, 9.17) is 16.2 Å². The molecule has 0 atom stereocenters. The van der Waals surface area contributed by atoms with Gasteiger partial charge in [-0.05, 0) is 24.3 Å². The Morgan fingerprint density at radius 2 is 1.78 bits per heavy atom. The van der Waals surface area contributed by atoms with E-state index in [2.05, 4.69) is 5.32 Å². The Morgan fingerprint density at radius 3 is 2.28 bits per heavy atom. The lowest BCUT2D eigenvalue weighted by Crippen LogP contribution is -2.51. The van der Waals surface area contributed by atoms with E-state index in [-0.39, 0.29) is 19.0 Å². The van der Waals surface area contributed by atoms with E-state index in [1.807, 2.05) is 0 Å². The molecule has 0 aliphatic rings. The van der Waals surface area contributed by atoms with Gasteiger partial charge in [-0.2, -0.15) is 0 Å². The van der Waals surface area contributed by atoms with Crippen LogP contribution in [0.4, 0.5) is 4.39 Å². The highest BCUT2D eigenvalue weighted by Gasteiger charge is 2.20. The van der Waals surface area contributed by atoms with Crippen molar-refractivity contribution in [3.63, 3.8) is 0 Å². The van der Waals surface area contributed by atoms with Crippen molar-refractivity contribution in [2.75, 3.05) is 13.2 Å². The molecule has 7 heteroatoms. The third-order valence-corrected chi connectivity index (χ3v) is 2.10. The normalized spacial score (nSPS) is 10.3. The summed E-state index contributed by atoms with van der Waals surface area (Å²) in [7, 11) is 0. The molecule has 0 spiro atoms. The summed E-state index contributed by atoms with van der Waals surface area (Å²) in [5.74, 6) is -1.57. The highest BCUT2D eigenvalue weighted by molar-refractivity contribution is 6.02. The molecule has 1 aromatic carbocycles. The number of primary amides is 2. The topological polar surface area (TPSA) is 107 Å². The minimum atomic E-state index is -1.22. The first-order valence-electron chi connectivity index (χ1n) is 5.21. The van der Waals surface area contributed by atoms with Crippen LogP contribution in [-0.2, 0) is 9.59 Å². The predicted octanol–water partition coefficient (Wildman–Crippen LogP) is -0.867. The molecule has 0 unspecified atom stereocenters. The number of hydrogen-bond acceptors (Lipinski definition) is 4. The lowest BCUT2D eigenvalue weighted by molar-refractivity contribution is -0.128. The van der Waals surface area contributed by atoms with Gasteiger partial charge in [0.1, 0.15) is 18.2 Å². The SMILES string of the molecule is NC(=O)C(NCCOc1ccc(F)cc1)C(N)=O. The molecule has 0 saturated carbocycles. The Balaban J connectivity index is 2.32. The number of carbonyl (C=O) groups excluding carboxylic acids is 2. The van der Waals surface area contributed by atoms with Crippen LogP contribution in [0.15, 0.2) is 24.3 Å². The summed E-state index contributed by atoms with van der Waals surface area (Å²) >= 11 is 0. The van der Waals surface area contributed by atoms with Gasteiger partial charge < -0.3 is 16.2 Å². The van der Waals surface area contributed by atoms with Crippen molar-refractivity contribution in [3.05, 3.63) is 30.1 Å². The summed E-state index contributed by atoms with van der Waals surface area (Å²) < 4.78 is 17.8. The number of halogens is 1. The summed E-state index contributed by atoms with van der Waals surface area (Å²) in [5.41, 5.74) is 9.93. The Bertz CT molecular complexity index is 408. The summed E-state index contributed by atoms with van der Waals surface area (Å²) in [4.78, 5) is 21.6. The predicted molar refractivity (Wildman–Crippen MR) is 62.1 cm³/mol. The average Bonchev–Trinajstić information content (AvgIpc) is 2.30. The van der Waals surface area contributed by atoms with Crippen LogP contribution in [0.5, 0.6) is 5.75 Å². The monoisotopic (exact) mass is 255 g/mol. The lowest BCUT2D eigenvalue weighted by atomic mass is 10.2. The van der Waals surface area contributed by atoms with E-state index in [0.717, 1.165) is 0 Å². The van der Waals surface area contributed by atoms with E-state index >= 15 is 0 Å². The summed E-state index contributed by atoms with van der Waals surface area (Å²) in [5, 5.41) is 2.55. The molecule has 6 nitrogen and oxygen atoms in total. The molecule has 1 rings (SSSR count). The fraction of sp³-hybridized carbons (Fsp3) is 0.273. The fourth-order valence-corrected chi connectivity index (χ4v) is 1.24. The first-order chi connectivity index (χ1) is 8.50. The van der Waals surface area contributed by atoms with Gasteiger partial charge in [-0.25, -0.2) is 4.39 Å². The second kappa shape index (κ2) is 6.55. The van der Waals surface area contributed by atoms with E-state index < -0.39 is 17.9 Å². The van der Waals surface area contributed by atoms with Crippen LogP contribution >= 0.6 is 0 Å². The molecule has 0 aliphatic heterocycles. The minimum Gasteiger partial charge on any atom is -0.492 e. The van der Waals surface area contributed by atoms with E-state index in [9.17, 15) is 14.0 Å². The largest absolute Gasteiger partial charge is 0.492 e. The Morgan fingerprint density at radius 1 is 1.22 bits per heavy atom. The average molecular weight is 255 g/mol. The van der Waals surface area contributed by atoms with Crippen LogP contribution in [0.2, 0.25) is 0 Å². The molecule has 5 N–H and O–H groups in total. The number of hydrogen-bond donors (Lipinski definition) is 3. The first-order valence-corrected chi connectivity index (χ1v) is 5.21. The van der Waals surface area contributed by atoms with Crippen molar-refractivity contribution < 1.29 is 18.7 Å². The molecule has 0 bridgehead atoms. The maximum Gasteiger partial charge on any atom is 0.244 e. The molecule has 0 saturated heterocycles. The molecule has 1 aromatic rings. The van der Waals surface area contributed by atoms with Crippen LogP contribution in [0.3, 0.4) is 0 Å². The third-order valence-electron chi connectivity index (χ3n) is 2.10. The molecule has 98 valence electrons. The Hall–Kier alpha value is -2.15. The van der Waals surface area contributed by atoms with Gasteiger partial charge in [0.05, 0.1) is 0 Å². The van der Waals surface area contributed by atoms with E-state index in [0.29, 0.717) is 5.75 Å². The molecule has 0 fully saturated rings. The van der Waals surface area contributed by atoms with Gasteiger partial charge in [0.2, 0.25) is 11.8 Å². The maximum atomic E-state index is 12.6. The van der Waals surface area contributed by atoms with Crippen LogP contribution < -0.4 is 21.5 Å². The molecule has 0 aromatic heterocycles. The van der Waals surface area contributed by atoms with Crippen molar-refractivity contribution in [2.24, 2.45) is 11.5 Å². The van der Waals surface area contributed by atoms with E-state index in [1.54, 1.807) is 0 Å². The zero-order valence-corrected chi connectivity index (χ0v) is 9.56. The van der Waals surface area contributed by atoms with Crippen molar-refractivity contribution in [1.82, 2.24) is 5.32 Å². The number of nitrogens with one attached hydrogen (secondary N) is 1. The standard InChI is InChI=1S/C11H14FN3O3/c12-7-1-3-8(4-2-7)18-6-5-15-9(10(13)16)11(14)17/h1-4,9,15H,5-6H2,(H2,13,16)(H2,14,17). The number of rotatable bonds is 7. The zero-order chi connectivity index (χ0) is 13.5. The zero-order valence-electron chi connectivity index (χ0n) is 9.56. The van der Waals surface area contributed by atoms with Gasteiger partial charge in [0.25, 0.3) is 0 Å². The quantitative estimate of drug-likeness (QED) is 0.435. The molecule has 2 amide bonds. The number of benzene rings is 1. The van der Waals surface area contributed by atoms with Crippen molar-refractivity contribution >= 4 is 11.8 Å². The number of amides is 2. The minimum absolute atomic E-state index is 0.183. The van der Waals surface area contributed by atoms with Crippen molar-refractivity contribution in [3.8, 4) is 5.75 Å². The van der Waals surface area contributed by atoms with Gasteiger partial charge in [0.15, 0.2) is 6.04 Å². The molecule has 18 heavy (non-hydrogen) atoms.